The third-order valence-corrected chi connectivity index (χ3v) is 4.82. The number of pyridine rings is 1. The Morgan fingerprint density at radius 1 is 1.35 bits per heavy atom. The van der Waals surface area contributed by atoms with E-state index < -0.39 is 0 Å². The average Bonchev–Trinajstić information content (AvgIpc) is 3.22. The SMILES string of the molecule is Cc1ccn2ncc(C(=O)N[C@@H]3CCC(=O)N[C@H]3c3ccnn3C)c2c1. The molecule has 4 rings (SSSR count). The summed E-state index contributed by atoms with van der Waals surface area (Å²) in [6, 6.07) is 5.21. The van der Waals surface area contributed by atoms with E-state index in [-0.39, 0.29) is 23.9 Å². The van der Waals surface area contributed by atoms with Gasteiger partial charge in [0.1, 0.15) is 0 Å². The molecule has 0 bridgehead atoms. The van der Waals surface area contributed by atoms with Crippen LogP contribution in [0, 0.1) is 6.92 Å². The molecule has 0 radical (unpaired) electrons. The van der Waals surface area contributed by atoms with Gasteiger partial charge in [0, 0.05) is 25.9 Å². The Balaban J connectivity index is 1.61. The van der Waals surface area contributed by atoms with Crippen LogP contribution in [0.5, 0.6) is 0 Å². The molecule has 134 valence electrons. The molecular weight excluding hydrogens is 332 g/mol. The Kier molecular flexibility index (Phi) is 3.95. The molecule has 2 amide bonds. The Labute approximate surface area is 150 Å². The zero-order valence-electron chi connectivity index (χ0n) is 14.6. The number of amides is 2. The molecule has 8 heteroatoms. The largest absolute Gasteiger partial charge is 0.347 e. The molecule has 1 aliphatic rings. The van der Waals surface area contributed by atoms with Crippen molar-refractivity contribution in [3.63, 3.8) is 0 Å². The van der Waals surface area contributed by atoms with Gasteiger partial charge < -0.3 is 10.6 Å². The molecule has 0 aliphatic carbocycles. The van der Waals surface area contributed by atoms with Crippen molar-refractivity contribution in [2.45, 2.75) is 31.8 Å². The van der Waals surface area contributed by atoms with Crippen LogP contribution in [0.3, 0.4) is 0 Å². The number of aryl methyl sites for hydroxylation is 2. The van der Waals surface area contributed by atoms with Crippen LogP contribution in [0.25, 0.3) is 5.52 Å². The van der Waals surface area contributed by atoms with Gasteiger partial charge in [-0.2, -0.15) is 10.2 Å². The van der Waals surface area contributed by atoms with Crippen molar-refractivity contribution in [2.75, 3.05) is 0 Å². The van der Waals surface area contributed by atoms with Crippen LogP contribution in [0.4, 0.5) is 0 Å². The summed E-state index contributed by atoms with van der Waals surface area (Å²) in [4.78, 5) is 24.8. The zero-order valence-corrected chi connectivity index (χ0v) is 14.6. The number of fused-ring (bicyclic) bond motifs is 1. The summed E-state index contributed by atoms with van der Waals surface area (Å²) in [7, 11) is 1.82. The molecular formula is C18H20N6O2. The minimum Gasteiger partial charge on any atom is -0.347 e. The topological polar surface area (TPSA) is 93.3 Å². The fourth-order valence-electron chi connectivity index (χ4n) is 3.43. The molecule has 2 atom stereocenters. The van der Waals surface area contributed by atoms with Gasteiger partial charge in [-0.1, -0.05) is 0 Å². The van der Waals surface area contributed by atoms with Crippen molar-refractivity contribution in [1.29, 1.82) is 0 Å². The monoisotopic (exact) mass is 352 g/mol. The maximum atomic E-state index is 12.9. The van der Waals surface area contributed by atoms with Gasteiger partial charge in [0.05, 0.1) is 35.1 Å². The third kappa shape index (κ3) is 2.83. The molecule has 26 heavy (non-hydrogen) atoms. The van der Waals surface area contributed by atoms with Crippen LogP contribution in [0.1, 0.15) is 40.5 Å². The number of carbonyl (C=O) groups excluding carboxylic acids is 2. The van der Waals surface area contributed by atoms with Gasteiger partial charge in [0.2, 0.25) is 5.91 Å². The van der Waals surface area contributed by atoms with E-state index in [0.29, 0.717) is 18.4 Å². The molecule has 1 saturated heterocycles. The highest BCUT2D eigenvalue weighted by Crippen LogP contribution is 2.24. The summed E-state index contributed by atoms with van der Waals surface area (Å²) < 4.78 is 3.40. The number of hydrogen-bond donors (Lipinski definition) is 2. The fourth-order valence-corrected chi connectivity index (χ4v) is 3.43. The van der Waals surface area contributed by atoms with E-state index in [4.69, 9.17) is 0 Å². The van der Waals surface area contributed by atoms with Crippen molar-refractivity contribution in [2.24, 2.45) is 7.05 Å². The van der Waals surface area contributed by atoms with Crippen molar-refractivity contribution in [1.82, 2.24) is 30.0 Å². The first-order chi connectivity index (χ1) is 12.5. The first kappa shape index (κ1) is 16.3. The summed E-state index contributed by atoms with van der Waals surface area (Å²) in [6.07, 6.45) is 6.05. The molecule has 3 aromatic heterocycles. The predicted octanol–water partition coefficient (Wildman–Crippen LogP) is 1.13. The van der Waals surface area contributed by atoms with Gasteiger partial charge in [-0.05, 0) is 37.1 Å². The quantitative estimate of drug-likeness (QED) is 0.739. The van der Waals surface area contributed by atoms with E-state index >= 15 is 0 Å². The van der Waals surface area contributed by atoms with Crippen LogP contribution in [0.15, 0.2) is 36.8 Å². The number of piperidine rings is 1. The van der Waals surface area contributed by atoms with Crippen molar-refractivity contribution < 1.29 is 9.59 Å². The molecule has 0 spiro atoms. The van der Waals surface area contributed by atoms with E-state index in [9.17, 15) is 9.59 Å². The smallest absolute Gasteiger partial charge is 0.255 e. The fraction of sp³-hybridized carbons (Fsp3) is 0.333. The maximum Gasteiger partial charge on any atom is 0.255 e. The van der Waals surface area contributed by atoms with Crippen LogP contribution >= 0.6 is 0 Å². The van der Waals surface area contributed by atoms with Crippen molar-refractivity contribution in [3.05, 3.63) is 53.6 Å². The van der Waals surface area contributed by atoms with E-state index in [1.54, 1.807) is 21.6 Å². The van der Waals surface area contributed by atoms with Gasteiger partial charge in [0.25, 0.3) is 5.91 Å². The Hall–Kier alpha value is -3.16. The second kappa shape index (κ2) is 6.29. The number of aromatic nitrogens is 4. The molecule has 0 aromatic carbocycles. The standard InChI is InChI=1S/C18H20N6O2/c1-11-6-8-24-15(9-11)12(10-20-24)18(26)21-13-3-4-16(25)22-17(13)14-5-7-19-23(14)2/h5-10,13,17H,3-4H2,1-2H3,(H,21,26)(H,22,25)/t13-,17-/m1/s1. The lowest BCUT2D eigenvalue weighted by molar-refractivity contribution is -0.123. The van der Waals surface area contributed by atoms with Crippen molar-refractivity contribution >= 4 is 17.3 Å². The van der Waals surface area contributed by atoms with Crippen molar-refractivity contribution in [3.8, 4) is 0 Å². The van der Waals surface area contributed by atoms with Gasteiger partial charge >= 0.3 is 0 Å². The molecule has 4 heterocycles. The Bertz CT molecular complexity index is 989. The Morgan fingerprint density at radius 2 is 2.19 bits per heavy atom. The lowest BCUT2D eigenvalue weighted by Gasteiger charge is -2.32. The number of hydrogen-bond acceptors (Lipinski definition) is 4. The second-order valence-electron chi connectivity index (χ2n) is 6.64. The third-order valence-electron chi connectivity index (χ3n) is 4.82. The summed E-state index contributed by atoms with van der Waals surface area (Å²) >= 11 is 0. The van der Waals surface area contributed by atoms with E-state index in [1.165, 1.54) is 0 Å². The summed E-state index contributed by atoms with van der Waals surface area (Å²) in [6.45, 7) is 1.98. The number of nitrogens with zero attached hydrogens (tertiary/aromatic N) is 4. The van der Waals surface area contributed by atoms with Crippen LogP contribution in [-0.2, 0) is 11.8 Å². The maximum absolute atomic E-state index is 12.9. The molecule has 3 aromatic rings. The lowest BCUT2D eigenvalue weighted by atomic mass is 9.95. The Morgan fingerprint density at radius 3 is 2.96 bits per heavy atom. The van der Waals surface area contributed by atoms with Crippen LogP contribution in [0.2, 0.25) is 0 Å². The number of nitrogens with one attached hydrogen (secondary N) is 2. The molecule has 1 aliphatic heterocycles. The normalized spacial score (nSPS) is 20.2. The highest BCUT2D eigenvalue weighted by molar-refractivity contribution is 6.01. The van der Waals surface area contributed by atoms with Crippen LogP contribution in [-0.4, -0.2) is 37.3 Å². The first-order valence-corrected chi connectivity index (χ1v) is 8.55. The molecule has 0 saturated carbocycles. The molecule has 1 fully saturated rings. The minimum atomic E-state index is -0.309. The highest BCUT2D eigenvalue weighted by atomic mass is 16.2. The highest BCUT2D eigenvalue weighted by Gasteiger charge is 2.33. The predicted molar refractivity (Wildman–Crippen MR) is 94.5 cm³/mol. The average molecular weight is 352 g/mol. The summed E-state index contributed by atoms with van der Waals surface area (Å²) in [5, 5.41) is 14.5. The summed E-state index contributed by atoms with van der Waals surface area (Å²) in [5.41, 5.74) is 3.21. The zero-order chi connectivity index (χ0) is 18.3. The van der Waals surface area contributed by atoms with E-state index in [1.807, 2.05) is 38.4 Å². The van der Waals surface area contributed by atoms with E-state index in [0.717, 1.165) is 16.8 Å². The van der Waals surface area contributed by atoms with Gasteiger partial charge in [-0.3, -0.25) is 14.3 Å². The number of rotatable bonds is 3. The van der Waals surface area contributed by atoms with Gasteiger partial charge in [-0.15, -0.1) is 0 Å². The first-order valence-electron chi connectivity index (χ1n) is 8.55. The van der Waals surface area contributed by atoms with Crippen LogP contribution < -0.4 is 10.6 Å². The molecule has 8 nitrogen and oxygen atoms in total. The van der Waals surface area contributed by atoms with Gasteiger partial charge in [-0.25, -0.2) is 4.52 Å². The lowest BCUT2D eigenvalue weighted by Crippen LogP contribution is -2.50. The van der Waals surface area contributed by atoms with E-state index in [2.05, 4.69) is 20.8 Å². The number of carbonyl (C=O) groups is 2. The van der Waals surface area contributed by atoms with Gasteiger partial charge in [0.15, 0.2) is 0 Å². The second-order valence-corrected chi connectivity index (χ2v) is 6.64. The minimum absolute atomic E-state index is 0.0201. The molecule has 2 N–H and O–H groups in total. The summed E-state index contributed by atoms with van der Waals surface area (Å²) in [5.74, 6) is -0.216. The molecule has 0 unspecified atom stereocenters.